The topological polar surface area (TPSA) is 52.8 Å². The number of hydrogen-bond acceptors (Lipinski definition) is 4. The predicted molar refractivity (Wildman–Crippen MR) is 116 cm³/mol. The van der Waals surface area contributed by atoms with E-state index in [-0.39, 0.29) is 12.2 Å². The summed E-state index contributed by atoms with van der Waals surface area (Å²) in [6.07, 6.45) is 5.27. The van der Waals surface area contributed by atoms with Crippen LogP contribution in [-0.2, 0) is 11.2 Å². The zero-order chi connectivity index (χ0) is 21.8. The monoisotopic (exact) mass is 418 g/mol. The highest BCUT2D eigenvalue weighted by molar-refractivity contribution is 5.91. The molecule has 0 unspecified atom stereocenters. The summed E-state index contributed by atoms with van der Waals surface area (Å²) in [6, 6.07) is 9.62. The summed E-state index contributed by atoms with van der Waals surface area (Å²) in [5, 5.41) is 0.640. The van der Waals surface area contributed by atoms with E-state index in [1.807, 2.05) is 6.92 Å². The first kappa shape index (κ1) is 20.8. The Labute approximate surface area is 180 Å². The molecule has 0 N–H and O–H groups in total. The summed E-state index contributed by atoms with van der Waals surface area (Å²) in [4.78, 5) is 19.9. The van der Waals surface area contributed by atoms with Crippen LogP contribution in [0.15, 0.2) is 42.6 Å². The maximum Gasteiger partial charge on any atom is 0.229 e. The lowest BCUT2D eigenvalue weighted by Gasteiger charge is -2.12. The average Bonchev–Trinajstić information content (AvgIpc) is 3.57. The third kappa shape index (κ3) is 5.00. The van der Waals surface area contributed by atoms with Crippen molar-refractivity contribution < 1.29 is 18.7 Å². The lowest BCUT2D eigenvalue weighted by molar-refractivity contribution is -0.118. The Morgan fingerprint density at radius 3 is 2.77 bits per heavy atom. The molecule has 1 aliphatic carbocycles. The van der Waals surface area contributed by atoms with E-state index in [0.29, 0.717) is 58.3 Å². The van der Waals surface area contributed by atoms with Gasteiger partial charge in [-0.2, -0.15) is 0 Å². The predicted octanol–water partition coefficient (Wildman–Crippen LogP) is 6.42. The van der Waals surface area contributed by atoms with Crippen LogP contribution in [0.4, 0.5) is 10.1 Å². The molecule has 0 bridgehead atoms. The van der Waals surface area contributed by atoms with E-state index < -0.39 is 5.82 Å². The van der Waals surface area contributed by atoms with Crippen molar-refractivity contribution in [1.82, 2.24) is 4.98 Å². The van der Waals surface area contributed by atoms with Gasteiger partial charge < -0.3 is 9.47 Å². The first-order valence-corrected chi connectivity index (χ1v) is 10.5. The van der Waals surface area contributed by atoms with Gasteiger partial charge in [0.05, 0.1) is 18.7 Å². The van der Waals surface area contributed by atoms with Crippen LogP contribution in [0.5, 0.6) is 17.2 Å². The highest BCUT2D eigenvalue weighted by atomic mass is 19.1. The van der Waals surface area contributed by atoms with Gasteiger partial charge >= 0.3 is 0 Å². The van der Waals surface area contributed by atoms with Crippen molar-refractivity contribution >= 4 is 22.4 Å². The van der Waals surface area contributed by atoms with E-state index in [1.54, 1.807) is 36.5 Å². The van der Waals surface area contributed by atoms with E-state index in [4.69, 9.17) is 16.0 Å². The minimum atomic E-state index is -0.461. The molecular weight excluding hydrogens is 395 g/mol. The molecule has 4 rings (SSSR count). The Balaban J connectivity index is 1.57. The van der Waals surface area contributed by atoms with E-state index in [2.05, 4.69) is 9.83 Å². The highest BCUT2D eigenvalue weighted by Gasteiger charge is 2.24. The van der Waals surface area contributed by atoms with Crippen LogP contribution in [-0.4, -0.2) is 17.4 Å². The average molecular weight is 418 g/mol. The number of hydrogen-bond donors (Lipinski definition) is 0. The number of benzene rings is 2. The normalized spacial score (nSPS) is 13.1. The van der Waals surface area contributed by atoms with E-state index >= 15 is 0 Å². The van der Waals surface area contributed by atoms with Gasteiger partial charge in [0.25, 0.3) is 0 Å². The quantitative estimate of drug-likeness (QED) is 0.376. The Morgan fingerprint density at radius 1 is 1.23 bits per heavy atom. The largest absolute Gasteiger partial charge is 0.505 e. The van der Waals surface area contributed by atoms with Crippen LogP contribution in [0.2, 0.25) is 0 Å². The minimum absolute atomic E-state index is 0.0722. The summed E-state index contributed by atoms with van der Waals surface area (Å²) < 4.78 is 26.1. The number of rotatable bonds is 9. The molecule has 3 aromatic rings. The molecule has 2 aromatic carbocycles. The molecule has 0 saturated heterocycles. The molecule has 1 fully saturated rings. The molecule has 1 heterocycles. The number of fused-ring (bicyclic) bond motifs is 1. The van der Waals surface area contributed by atoms with E-state index in [9.17, 15) is 9.18 Å². The molecular formula is C25H23FN2O3. The Hall–Kier alpha value is -3.46. The second kappa shape index (κ2) is 9.13. The molecule has 158 valence electrons. The van der Waals surface area contributed by atoms with Crippen molar-refractivity contribution in [2.45, 2.75) is 39.0 Å². The standard InChI is InChI=1S/C25H23FN2O3/c1-3-10-30-25-15-22-20(14-23(25)27-2)24(8-9-28-22)31-19-7-6-17(21(26)13-19)12-18(29)11-16-4-5-16/h6-9,13-16H,3-5,10-12H2,1H3. The van der Waals surface area contributed by atoms with Gasteiger partial charge in [0, 0.05) is 30.5 Å². The molecule has 5 nitrogen and oxygen atoms in total. The Morgan fingerprint density at radius 2 is 2.06 bits per heavy atom. The van der Waals surface area contributed by atoms with Crippen molar-refractivity contribution in [1.29, 1.82) is 0 Å². The zero-order valence-corrected chi connectivity index (χ0v) is 17.4. The molecule has 1 aliphatic rings. The summed E-state index contributed by atoms with van der Waals surface area (Å²) in [6.45, 7) is 9.96. The second-order valence-electron chi connectivity index (χ2n) is 7.82. The number of nitrogens with zero attached hydrogens (tertiary/aromatic N) is 2. The van der Waals surface area contributed by atoms with Crippen LogP contribution in [0.3, 0.4) is 0 Å². The van der Waals surface area contributed by atoms with Crippen molar-refractivity contribution in [3.8, 4) is 17.2 Å². The molecule has 1 aromatic heterocycles. The molecule has 1 saturated carbocycles. The number of carbonyl (C=O) groups excluding carboxylic acids is 1. The molecule has 0 amide bonds. The molecule has 0 radical (unpaired) electrons. The summed E-state index contributed by atoms with van der Waals surface area (Å²) >= 11 is 0. The third-order valence-electron chi connectivity index (χ3n) is 5.22. The SMILES string of the molecule is [C-]#[N+]c1cc2c(Oc3ccc(CC(=O)CC4CC4)c(F)c3)ccnc2cc1OCCC. The van der Waals surface area contributed by atoms with Gasteiger partial charge in [-0.05, 0) is 55.0 Å². The van der Waals surface area contributed by atoms with Gasteiger partial charge in [0.15, 0.2) is 0 Å². The van der Waals surface area contributed by atoms with Gasteiger partial charge in [-0.1, -0.05) is 13.0 Å². The van der Waals surface area contributed by atoms with Crippen LogP contribution in [0.25, 0.3) is 15.7 Å². The van der Waals surface area contributed by atoms with Crippen molar-refractivity contribution in [3.63, 3.8) is 0 Å². The number of pyridine rings is 1. The van der Waals surface area contributed by atoms with E-state index in [1.165, 1.54) is 6.07 Å². The fourth-order valence-corrected chi connectivity index (χ4v) is 3.43. The lowest BCUT2D eigenvalue weighted by atomic mass is 10.0. The molecule has 0 atom stereocenters. The third-order valence-corrected chi connectivity index (χ3v) is 5.22. The highest BCUT2D eigenvalue weighted by Crippen LogP contribution is 2.38. The summed E-state index contributed by atoms with van der Waals surface area (Å²) in [5.41, 5.74) is 1.37. The molecule has 0 aliphatic heterocycles. The number of ether oxygens (including phenoxy) is 2. The van der Waals surface area contributed by atoms with Crippen LogP contribution < -0.4 is 9.47 Å². The van der Waals surface area contributed by atoms with Crippen molar-refractivity contribution in [2.24, 2.45) is 5.92 Å². The number of Topliss-reactive ketones (excluding diaryl/α,β-unsaturated/α-hetero) is 1. The lowest BCUT2D eigenvalue weighted by Crippen LogP contribution is -2.05. The number of ketones is 1. The maximum atomic E-state index is 14.6. The zero-order valence-electron chi connectivity index (χ0n) is 17.4. The fraction of sp³-hybridized carbons (Fsp3) is 0.320. The molecule has 0 spiro atoms. The van der Waals surface area contributed by atoms with Crippen molar-refractivity contribution in [2.75, 3.05) is 6.61 Å². The maximum absolute atomic E-state index is 14.6. The smallest absolute Gasteiger partial charge is 0.229 e. The Bertz CT molecular complexity index is 1170. The first-order valence-electron chi connectivity index (χ1n) is 10.5. The molecule has 31 heavy (non-hydrogen) atoms. The Kier molecular flexibility index (Phi) is 6.13. The fourth-order valence-electron chi connectivity index (χ4n) is 3.43. The number of aromatic nitrogens is 1. The van der Waals surface area contributed by atoms with Gasteiger partial charge in [-0.15, -0.1) is 0 Å². The van der Waals surface area contributed by atoms with Crippen LogP contribution in [0.1, 0.15) is 38.2 Å². The van der Waals surface area contributed by atoms with Gasteiger partial charge in [-0.25, -0.2) is 9.24 Å². The van der Waals surface area contributed by atoms with E-state index in [0.717, 1.165) is 19.3 Å². The second-order valence-corrected chi connectivity index (χ2v) is 7.82. The minimum Gasteiger partial charge on any atom is -0.505 e. The van der Waals surface area contributed by atoms with Gasteiger partial charge in [0.2, 0.25) is 5.69 Å². The van der Waals surface area contributed by atoms with Crippen LogP contribution >= 0.6 is 0 Å². The summed E-state index contributed by atoms with van der Waals surface area (Å²) in [5.74, 6) is 1.37. The van der Waals surface area contributed by atoms with Gasteiger partial charge in [-0.3, -0.25) is 9.78 Å². The summed E-state index contributed by atoms with van der Waals surface area (Å²) in [7, 11) is 0. The number of halogens is 1. The molecule has 6 heteroatoms. The first-order chi connectivity index (χ1) is 15.1. The van der Waals surface area contributed by atoms with Gasteiger partial charge in [0.1, 0.15) is 28.8 Å². The van der Waals surface area contributed by atoms with Crippen LogP contribution in [0, 0.1) is 18.3 Å². The number of carbonyl (C=O) groups is 1. The van der Waals surface area contributed by atoms with Crippen molar-refractivity contribution in [3.05, 3.63) is 65.4 Å².